The van der Waals surface area contributed by atoms with Gasteiger partial charge in [0.2, 0.25) is 0 Å². The summed E-state index contributed by atoms with van der Waals surface area (Å²) in [7, 11) is 0. The maximum atomic E-state index is 3.59. The minimum Gasteiger partial charge on any atom is -0.101 e. The van der Waals surface area contributed by atoms with Gasteiger partial charge in [0, 0.05) is 11.2 Å². The van der Waals surface area contributed by atoms with Crippen LogP contribution in [0.15, 0.2) is 0 Å². The van der Waals surface area contributed by atoms with Crippen LogP contribution in [0.25, 0.3) is 0 Å². The molecule has 0 aliphatic carbocycles. The van der Waals surface area contributed by atoms with Crippen molar-refractivity contribution < 1.29 is 0 Å². The molecule has 2 heteroatoms. The molecular weight excluding hydrogens is 304 g/mol. The summed E-state index contributed by atoms with van der Waals surface area (Å²) in [5, 5.41) is 0. The van der Waals surface area contributed by atoms with Crippen LogP contribution in [-0.2, 0) is 0 Å². The number of hydrogen-bond acceptors (Lipinski definition) is 0. The molecule has 0 saturated carbocycles. The summed E-state index contributed by atoms with van der Waals surface area (Å²) >= 11 is 7.07. The summed E-state index contributed by atoms with van der Waals surface area (Å²) < 4.78 is 0. The second-order valence-corrected chi connectivity index (χ2v) is 6.29. The van der Waals surface area contributed by atoms with Gasteiger partial charge in [-0.2, -0.15) is 0 Å². The summed E-state index contributed by atoms with van der Waals surface area (Å²) in [6, 6.07) is 0. The molecule has 2 unspecified atom stereocenters. The lowest BCUT2D eigenvalue weighted by molar-refractivity contribution is 0.647. The molecule has 0 saturated heterocycles. The Morgan fingerprint density at radius 2 is 1.86 bits per heavy atom. The predicted molar refractivity (Wildman–Crippen MR) is 72.3 cm³/mol. The van der Waals surface area contributed by atoms with Crippen molar-refractivity contribution in [3.8, 4) is 11.8 Å². The SMILES string of the molecule is CCCCCCC(Br)C#CCC(C)Br. The summed E-state index contributed by atoms with van der Waals surface area (Å²) in [6.07, 6.45) is 7.42. The quantitative estimate of drug-likeness (QED) is 0.370. The summed E-state index contributed by atoms with van der Waals surface area (Å²) in [6.45, 7) is 4.36. The minimum absolute atomic E-state index is 0.394. The topological polar surface area (TPSA) is 0 Å². The van der Waals surface area contributed by atoms with Crippen molar-refractivity contribution in [1.82, 2.24) is 0 Å². The zero-order chi connectivity index (χ0) is 10.8. The van der Waals surface area contributed by atoms with Gasteiger partial charge in [-0.1, -0.05) is 77.3 Å². The Morgan fingerprint density at radius 1 is 1.14 bits per heavy atom. The zero-order valence-electron chi connectivity index (χ0n) is 9.15. The fourth-order valence-corrected chi connectivity index (χ4v) is 1.78. The molecule has 0 heterocycles. The van der Waals surface area contributed by atoms with Crippen molar-refractivity contribution in [1.29, 1.82) is 0 Å². The van der Waals surface area contributed by atoms with Gasteiger partial charge < -0.3 is 0 Å². The maximum Gasteiger partial charge on any atom is 0.0754 e. The van der Waals surface area contributed by atoms with E-state index >= 15 is 0 Å². The first-order valence-corrected chi connectivity index (χ1v) is 7.26. The monoisotopic (exact) mass is 322 g/mol. The van der Waals surface area contributed by atoms with E-state index in [1.54, 1.807) is 0 Å². The van der Waals surface area contributed by atoms with Crippen LogP contribution in [0, 0.1) is 11.8 Å². The van der Waals surface area contributed by atoms with E-state index in [2.05, 4.69) is 57.5 Å². The highest BCUT2D eigenvalue weighted by molar-refractivity contribution is 9.09. The van der Waals surface area contributed by atoms with E-state index in [-0.39, 0.29) is 0 Å². The van der Waals surface area contributed by atoms with Gasteiger partial charge in [0.1, 0.15) is 0 Å². The Labute approximate surface area is 105 Å². The average molecular weight is 324 g/mol. The van der Waals surface area contributed by atoms with E-state index in [1.807, 2.05) is 0 Å². The van der Waals surface area contributed by atoms with Gasteiger partial charge in [-0.25, -0.2) is 0 Å². The molecule has 0 spiro atoms. The van der Waals surface area contributed by atoms with Crippen molar-refractivity contribution >= 4 is 31.9 Å². The molecule has 0 aromatic heterocycles. The molecule has 0 aliphatic rings. The normalized spacial score (nSPS) is 14.3. The largest absolute Gasteiger partial charge is 0.101 e. The molecule has 0 radical (unpaired) electrons. The molecular formula is C12H20Br2. The van der Waals surface area contributed by atoms with Crippen LogP contribution in [-0.4, -0.2) is 9.65 Å². The lowest BCUT2D eigenvalue weighted by Crippen LogP contribution is -1.94. The van der Waals surface area contributed by atoms with Gasteiger partial charge >= 0.3 is 0 Å². The third-order valence-electron chi connectivity index (χ3n) is 1.95. The fourth-order valence-electron chi connectivity index (χ4n) is 1.13. The van der Waals surface area contributed by atoms with Crippen molar-refractivity contribution in [3.63, 3.8) is 0 Å². The number of rotatable bonds is 6. The highest BCUT2D eigenvalue weighted by Crippen LogP contribution is 2.11. The smallest absolute Gasteiger partial charge is 0.0754 e. The third-order valence-corrected chi connectivity index (χ3v) is 2.96. The first kappa shape index (κ1) is 14.5. The zero-order valence-corrected chi connectivity index (χ0v) is 12.3. The predicted octanol–water partition coefficient (Wildman–Crippen LogP) is 4.90. The molecule has 0 aromatic carbocycles. The number of alkyl halides is 2. The molecule has 0 amide bonds. The van der Waals surface area contributed by atoms with Crippen molar-refractivity contribution in [2.24, 2.45) is 0 Å². The molecule has 82 valence electrons. The standard InChI is InChI=1S/C12H20Br2/c1-3-4-5-6-9-12(14)10-7-8-11(2)13/h11-12H,3-6,8-9H2,1-2H3. The Balaban J connectivity index is 3.42. The Bertz CT molecular complexity index is 176. The highest BCUT2D eigenvalue weighted by atomic mass is 79.9. The van der Waals surface area contributed by atoms with E-state index in [0.29, 0.717) is 9.65 Å². The number of halogens is 2. The minimum atomic E-state index is 0.394. The molecule has 0 aliphatic heterocycles. The van der Waals surface area contributed by atoms with Gasteiger partial charge in [-0.3, -0.25) is 0 Å². The van der Waals surface area contributed by atoms with Crippen LogP contribution < -0.4 is 0 Å². The van der Waals surface area contributed by atoms with Crippen LogP contribution in [0.3, 0.4) is 0 Å². The third kappa shape index (κ3) is 10.6. The maximum absolute atomic E-state index is 3.59. The fraction of sp³-hybridized carbons (Fsp3) is 0.833. The van der Waals surface area contributed by atoms with Gasteiger partial charge in [-0.05, 0) is 6.42 Å². The molecule has 0 N–H and O–H groups in total. The number of hydrogen-bond donors (Lipinski definition) is 0. The van der Waals surface area contributed by atoms with Crippen LogP contribution in [0.4, 0.5) is 0 Å². The molecule has 0 aromatic rings. The molecule has 0 rings (SSSR count). The van der Waals surface area contributed by atoms with Crippen LogP contribution in [0.2, 0.25) is 0 Å². The second kappa shape index (κ2) is 10.1. The van der Waals surface area contributed by atoms with Crippen LogP contribution in [0.1, 0.15) is 52.4 Å². The first-order chi connectivity index (χ1) is 6.66. The van der Waals surface area contributed by atoms with Gasteiger partial charge in [0.05, 0.1) is 4.83 Å². The van der Waals surface area contributed by atoms with Gasteiger partial charge in [-0.15, -0.1) is 5.92 Å². The van der Waals surface area contributed by atoms with Gasteiger partial charge in [0.15, 0.2) is 0 Å². The van der Waals surface area contributed by atoms with Crippen molar-refractivity contribution in [2.75, 3.05) is 0 Å². The lowest BCUT2D eigenvalue weighted by atomic mass is 10.1. The van der Waals surface area contributed by atoms with Crippen LogP contribution in [0.5, 0.6) is 0 Å². The van der Waals surface area contributed by atoms with E-state index in [0.717, 1.165) is 6.42 Å². The van der Waals surface area contributed by atoms with E-state index in [4.69, 9.17) is 0 Å². The van der Waals surface area contributed by atoms with E-state index in [9.17, 15) is 0 Å². The summed E-state index contributed by atoms with van der Waals surface area (Å²) in [4.78, 5) is 0.903. The molecule has 0 fully saturated rings. The van der Waals surface area contributed by atoms with E-state index in [1.165, 1.54) is 32.1 Å². The Kier molecular flexibility index (Phi) is 10.4. The molecule has 0 bridgehead atoms. The van der Waals surface area contributed by atoms with Gasteiger partial charge in [0.25, 0.3) is 0 Å². The Morgan fingerprint density at radius 3 is 2.43 bits per heavy atom. The molecule has 0 nitrogen and oxygen atoms in total. The van der Waals surface area contributed by atoms with E-state index < -0.39 is 0 Å². The highest BCUT2D eigenvalue weighted by Gasteiger charge is 1.98. The first-order valence-electron chi connectivity index (χ1n) is 5.43. The van der Waals surface area contributed by atoms with Crippen molar-refractivity contribution in [2.45, 2.75) is 62.0 Å². The van der Waals surface area contributed by atoms with Crippen LogP contribution >= 0.6 is 31.9 Å². The van der Waals surface area contributed by atoms with Crippen molar-refractivity contribution in [3.05, 3.63) is 0 Å². The number of unbranched alkanes of at least 4 members (excludes halogenated alkanes) is 3. The summed E-state index contributed by atoms with van der Waals surface area (Å²) in [5.41, 5.74) is 0. The second-order valence-electron chi connectivity index (χ2n) is 3.62. The molecule has 14 heavy (non-hydrogen) atoms. The average Bonchev–Trinajstić information content (AvgIpc) is 2.12. The molecule has 2 atom stereocenters. The Hall–Kier alpha value is 0.520. The lowest BCUT2D eigenvalue weighted by Gasteiger charge is -2.01. The summed E-state index contributed by atoms with van der Waals surface area (Å²) in [5.74, 6) is 6.41.